The summed E-state index contributed by atoms with van der Waals surface area (Å²) in [4.78, 5) is 15.0. The molecule has 4 aromatic carbocycles. The van der Waals surface area contributed by atoms with E-state index >= 15 is 0 Å². The highest BCUT2D eigenvalue weighted by molar-refractivity contribution is 5.82. The zero-order valence-electron chi connectivity index (χ0n) is 23.5. The number of H-pyrrole nitrogens is 1. The first-order valence-electron chi connectivity index (χ1n) is 13.9. The Labute approximate surface area is 240 Å². The fraction of sp³-hybridized carbons (Fsp3) is 0.229. The summed E-state index contributed by atoms with van der Waals surface area (Å²) in [7, 11) is 1.41. The predicted octanol–water partition coefficient (Wildman–Crippen LogP) is 7.27. The van der Waals surface area contributed by atoms with Crippen molar-refractivity contribution >= 4 is 16.9 Å². The van der Waals surface area contributed by atoms with E-state index in [-0.39, 0.29) is 18.3 Å². The minimum atomic E-state index is -0.239. The second-order valence-corrected chi connectivity index (χ2v) is 10.1. The molecular formula is C35H35NO5. The van der Waals surface area contributed by atoms with Gasteiger partial charge in [0, 0.05) is 23.5 Å². The maximum absolute atomic E-state index is 11.6. The topological polar surface area (TPSA) is 69.8 Å². The van der Waals surface area contributed by atoms with Gasteiger partial charge in [-0.05, 0) is 76.7 Å². The summed E-state index contributed by atoms with van der Waals surface area (Å²) in [5.41, 5.74) is 5.40. The van der Waals surface area contributed by atoms with Crippen LogP contribution < -0.4 is 14.2 Å². The number of aromatic nitrogens is 1. The number of benzene rings is 4. The van der Waals surface area contributed by atoms with E-state index < -0.39 is 0 Å². The van der Waals surface area contributed by atoms with Gasteiger partial charge in [-0.15, -0.1) is 0 Å². The first-order chi connectivity index (χ1) is 20.1. The fourth-order valence-electron chi connectivity index (χ4n) is 4.59. The lowest BCUT2D eigenvalue weighted by molar-refractivity contribution is -0.139. The van der Waals surface area contributed by atoms with Crippen LogP contribution in [0.5, 0.6) is 17.2 Å². The number of aromatic amines is 1. The molecular weight excluding hydrogens is 514 g/mol. The molecule has 0 aliphatic heterocycles. The van der Waals surface area contributed by atoms with Gasteiger partial charge >= 0.3 is 5.97 Å². The third-order valence-corrected chi connectivity index (χ3v) is 6.98. The van der Waals surface area contributed by atoms with Crippen LogP contribution in [0.25, 0.3) is 10.9 Å². The van der Waals surface area contributed by atoms with E-state index in [1.807, 2.05) is 72.8 Å². The Bertz CT molecular complexity index is 1540. The average molecular weight is 550 g/mol. The summed E-state index contributed by atoms with van der Waals surface area (Å²) < 4.78 is 22.6. The van der Waals surface area contributed by atoms with Crippen LogP contribution in [0, 0.1) is 0 Å². The van der Waals surface area contributed by atoms with Crippen molar-refractivity contribution in [2.75, 3.05) is 20.3 Å². The molecule has 0 saturated heterocycles. The Hall–Kier alpha value is -4.71. The van der Waals surface area contributed by atoms with Gasteiger partial charge in [0.05, 0.1) is 26.7 Å². The smallest absolute Gasteiger partial charge is 0.309 e. The Morgan fingerprint density at radius 3 is 2.17 bits per heavy atom. The molecule has 0 saturated carbocycles. The van der Waals surface area contributed by atoms with Gasteiger partial charge in [0.1, 0.15) is 23.9 Å². The summed E-state index contributed by atoms with van der Waals surface area (Å²) >= 11 is 0. The van der Waals surface area contributed by atoms with Crippen molar-refractivity contribution in [2.45, 2.75) is 32.3 Å². The summed E-state index contributed by atoms with van der Waals surface area (Å²) in [6.45, 7) is 3.83. The van der Waals surface area contributed by atoms with Gasteiger partial charge in [-0.25, -0.2) is 0 Å². The second-order valence-electron chi connectivity index (χ2n) is 10.1. The maximum Gasteiger partial charge on any atom is 0.309 e. The van der Waals surface area contributed by atoms with Crippen LogP contribution >= 0.6 is 0 Å². The Morgan fingerprint density at radius 1 is 0.756 bits per heavy atom. The number of methoxy groups -OCH3 is 1. The van der Waals surface area contributed by atoms with Crippen molar-refractivity contribution in [1.29, 1.82) is 0 Å². The lowest BCUT2D eigenvalue weighted by atomic mass is 10.0. The van der Waals surface area contributed by atoms with Gasteiger partial charge in [-0.3, -0.25) is 4.79 Å². The Kier molecular flexibility index (Phi) is 9.22. The number of hydrogen-bond donors (Lipinski definition) is 1. The molecule has 41 heavy (non-hydrogen) atoms. The van der Waals surface area contributed by atoms with Crippen molar-refractivity contribution in [1.82, 2.24) is 4.98 Å². The highest BCUT2D eigenvalue weighted by atomic mass is 16.5. The molecule has 6 nitrogen and oxygen atoms in total. The van der Waals surface area contributed by atoms with Crippen LogP contribution in [-0.2, 0) is 29.0 Å². The van der Waals surface area contributed by atoms with E-state index in [2.05, 4.69) is 42.2 Å². The number of ether oxygens (including phenoxy) is 4. The third-order valence-electron chi connectivity index (χ3n) is 6.98. The summed E-state index contributed by atoms with van der Waals surface area (Å²) in [6.07, 6.45) is 1.03. The zero-order valence-corrected chi connectivity index (χ0v) is 23.5. The molecule has 1 N–H and O–H groups in total. The molecule has 0 bridgehead atoms. The minimum Gasteiger partial charge on any atom is -0.493 e. The molecule has 0 radical (unpaired) electrons. The van der Waals surface area contributed by atoms with E-state index in [9.17, 15) is 4.79 Å². The fourth-order valence-corrected chi connectivity index (χ4v) is 4.59. The van der Waals surface area contributed by atoms with E-state index in [1.165, 1.54) is 12.7 Å². The molecule has 0 aliphatic carbocycles. The van der Waals surface area contributed by atoms with Gasteiger partial charge in [-0.2, -0.15) is 0 Å². The largest absolute Gasteiger partial charge is 0.493 e. The number of fused-ring (bicyclic) bond motifs is 1. The second kappa shape index (κ2) is 13.6. The van der Waals surface area contributed by atoms with Gasteiger partial charge in [0.25, 0.3) is 0 Å². The highest BCUT2D eigenvalue weighted by Crippen LogP contribution is 2.24. The van der Waals surface area contributed by atoms with Crippen molar-refractivity contribution < 1.29 is 23.7 Å². The molecule has 1 aromatic heterocycles. The molecule has 5 rings (SSSR count). The van der Waals surface area contributed by atoms with Crippen molar-refractivity contribution in [3.05, 3.63) is 126 Å². The first-order valence-corrected chi connectivity index (χ1v) is 13.9. The van der Waals surface area contributed by atoms with Crippen LogP contribution in [0.3, 0.4) is 0 Å². The van der Waals surface area contributed by atoms with Crippen molar-refractivity contribution in [3.63, 3.8) is 0 Å². The van der Waals surface area contributed by atoms with Crippen LogP contribution in [0.15, 0.2) is 103 Å². The molecule has 1 unspecified atom stereocenters. The van der Waals surface area contributed by atoms with Gasteiger partial charge in [-0.1, -0.05) is 55.5 Å². The van der Waals surface area contributed by atoms with Crippen LogP contribution in [0.2, 0.25) is 0 Å². The zero-order chi connectivity index (χ0) is 28.4. The third kappa shape index (κ3) is 7.92. The number of rotatable bonds is 13. The van der Waals surface area contributed by atoms with Crippen LogP contribution in [0.1, 0.15) is 35.2 Å². The first kappa shape index (κ1) is 27.8. The monoisotopic (exact) mass is 549 g/mol. The van der Waals surface area contributed by atoms with Crippen LogP contribution in [-0.4, -0.2) is 31.3 Å². The summed E-state index contributed by atoms with van der Waals surface area (Å²) in [5, 5.41) is 1.08. The standard InChI is InChI=1S/C35H35NO5/c1-25(23-40-32-13-15-33(16-14-32)41-24-26-6-4-3-5-7-26)28-9-11-31(12-10-28)39-19-18-30-22-29-20-27(21-35(37)38-2)8-17-34(29)36-30/h3-17,20,22,25,36H,18-19,21,23-24H2,1-2H3. The van der Waals surface area contributed by atoms with Gasteiger partial charge in [0.15, 0.2) is 0 Å². The maximum atomic E-state index is 11.6. The van der Waals surface area contributed by atoms with Crippen molar-refractivity contribution in [2.24, 2.45) is 0 Å². The molecule has 0 aliphatic rings. The molecule has 5 aromatic rings. The number of esters is 1. The Balaban J connectivity index is 1.05. The summed E-state index contributed by atoms with van der Waals surface area (Å²) in [5.74, 6) is 2.47. The van der Waals surface area contributed by atoms with Crippen molar-refractivity contribution in [3.8, 4) is 17.2 Å². The van der Waals surface area contributed by atoms with E-state index in [0.29, 0.717) is 19.8 Å². The SMILES string of the molecule is COC(=O)Cc1ccc2[nH]c(CCOc3ccc(C(C)COc4ccc(OCc5ccccc5)cc4)cc3)cc2c1. The summed E-state index contributed by atoms with van der Waals surface area (Å²) in [6, 6.07) is 34.2. The number of nitrogens with one attached hydrogen (secondary N) is 1. The number of carbonyl (C=O) groups excluding carboxylic acids is 1. The van der Waals surface area contributed by atoms with Gasteiger partial charge in [0.2, 0.25) is 0 Å². The van der Waals surface area contributed by atoms with Crippen LogP contribution in [0.4, 0.5) is 0 Å². The Morgan fingerprint density at radius 2 is 1.44 bits per heavy atom. The molecule has 0 fully saturated rings. The molecule has 6 heteroatoms. The average Bonchev–Trinajstić information content (AvgIpc) is 3.42. The van der Waals surface area contributed by atoms with Gasteiger partial charge < -0.3 is 23.9 Å². The van der Waals surface area contributed by atoms with E-state index in [4.69, 9.17) is 18.9 Å². The molecule has 1 heterocycles. The van der Waals surface area contributed by atoms with E-state index in [1.54, 1.807) is 0 Å². The molecule has 0 amide bonds. The number of hydrogen-bond acceptors (Lipinski definition) is 5. The quantitative estimate of drug-likeness (QED) is 0.157. The highest BCUT2D eigenvalue weighted by Gasteiger charge is 2.09. The number of carbonyl (C=O) groups is 1. The molecule has 210 valence electrons. The lowest BCUT2D eigenvalue weighted by Gasteiger charge is -2.15. The molecule has 0 spiro atoms. The predicted molar refractivity (Wildman–Crippen MR) is 161 cm³/mol. The lowest BCUT2D eigenvalue weighted by Crippen LogP contribution is -2.07. The minimum absolute atomic E-state index is 0.230. The molecule has 1 atom stereocenters. The normalized spacial score (nSPS) is 11.7. The van der Waals surface area contributed by atoms with E-state index in [0.717, 1.165) is 51.4 Å².